The average Bonchev–Trinajstić information content (AvgIpc) is 3.14. The monoisotopic (exact) mass is 215 g/mol. The van der Waals surface area contributed by atoms with Gasteiger partial charge in [-0.15, -0.1) is 0 Å². The minimum Gasteiger partial charge on any atom is -0.312 e. The van der Waals surface area contributed by atoms with Crippen molar-refractivity contribution in [1.29, 1.82) is 0 Å². The quantitative estimate of drug-likeness (QED) is 0.767. The van der Waals surface area contributed by atoms with Crippen molar-refractivity contribution in [2.45, 2.75) is 19.8 Å². The molecule has 1 saturated carbocycles. The van der Waals surface area contributed by atoms with Gasteiger partial charge < -0.3 is 5.32 Å². The van der Waals surface area contributed by atoms with Gasteiger partial charge in [0, 0.05) is 6.54 Å². The van der Waals surface area contributed by atoms with E-state index >= 15 is 0 Å². The van der Waals surface area contributed by atoms with Crippen molar-refractivity contribution in [3.8, 4) is 0 Å². The predicted molar refractivity (Wildman–Crippen MR) is 70.2 cm³/mol. The van der Waals surface area contributed by atoms with E-state index in [0.29, 0.717) is 0 Å². The molecule has 1 aromatic rings. The largest absolute Gasteiger partial charge is 0.312 e. The van der Waals surface area contributed by atoms with Crippen molar-refractivity contribution in [3.63, 3.8) is 0 Å². The molecule has 0 radical (unpaired) electrons. The lowest BCUT2D eigenvalue weighted by Crippen LogP contribution is -2.23. The third-order valence-electron chi connectivity index (χ3n) is 3.41. The summed E-state index contributed by atoms with van der Waals surface area (Å²) in [7, 11) is 0. The van der Waals surface area contributed by atoms with Crippen LogP contribution in [0.4, 0.5) is 0 Å². The highest BCUT2D eigenvalue weighted by Crippen LogP contribution is 2.36. The summed E-state index contributed by atoms with van der Waals surface area (Å²) >= 11 is 0. The lowest BCUT2D eigenvalue weighted by molar-refractivity contribution is 0.476. The first-order valence-corrected chi connectivity index (χ1v) is 6.21. The fourth-order valence-electron chi connectivity index (χ4n) is 2.06. The van der Waals surface area contributed by atoms with Crippen LogP contribution in [0.3, 0.4) is 0 Å². The topological polar surface area (TPSA) is 12.0 Å². The van der Waals surface area contributed by atoms with Crippen LogP contribution < -0.4 is 5.32 Å². The number of nitrogens with one attached hydrogen (secondary N) is 1. The molecule has 1 unspecified atom stereocenters. The zero-order valence-corrected chi connectivity index (χ0v) is 10.1. The van der Waals surface area contributed by atoms with Crippen LogP contribution in [0.5, 0.6) is 0 Å². The molecule has 0 aromatic heterocycles. The van der Waals surface area contributed by atoms with Crippen molar-refractivity contribution in [2.75, 3.05) is 13.1 Å². The van der Waals surface area contributed by atoms with Gasteiger partial charge in [-0.05, 0) is 42.4 Å². The molecule has 0 spiro atoms. The standard InChI is InChI=1S/C15H21N/c1-12(14-6-4-3-5-7-14)10-16-11-13(2)15-8-9-15/h3-7,13,15-16H,1,8-11H2,2H3. The van der Waals surface area contributed by atoms with Crippen LogP contribution >= 0.6 is 0 Å². The molecule has 86 valence electrons. The molecule has 0 aliphatic heterocycles. The molecule has 0 heterocycles. The maximum Gasteiger partial charge on any atom is 0.0205 e. The van der Waals surface area contributed by atoms with Gasteiger partial charge in [0.2, 0.25) is 0 Å². The van der Waals surface area contributed by atoms with Crippen molar-refractivity contribution < 1.29 is 0 Å². The van der Waals surface area contributed by atoms with Gasteiger partial charge in [0.1, 0.15) is 0 Å². The Bertz CT molecular complexity index is 338. The maximum atomic E-state index is 4.12. The summed E-state index contributed by atoms with van der Waals surface area (Å²) < 4.78 is 0. The molecule has 0 saturated heterocycles. The van der Waals surface area contributed by atoms with E-state index in [-0.39, 0.29) is 0 Å². The Kier molecular flexibility index (Phi) is 3.79. The van der Waals surface area contributed by atoms with E-state index < -0.39 is 0 Å². The third kappa shape index (κ3) is 3.21. The van der Waals surface area contributed by atoms with Crippen LogP contribution in [0.25, 0.3) is 5.57 Å². The second-order valence-electron chi connectivity index (χ2n) is 4.92. The van der Waals surface area contributed by atoms with Gasteiger partial charge in [-0.3, -0.25) is 0 Å². The summed E-state index contributed by atoms with van der Waals surface area (Å²) in [5.41, 5.74) is 2.43. The van der Waals surface area contributed by atoms with Crippen LogP contribution in [-0.4, -0.2) is 13.1 Å². The van der Waals surface area contributed by atoms with Crippen LogP contribution in [0, 0.1) is 11.8 Å². The summed E-state index contributed by atoms with van der Waals surface area (Å²) in [4.78, 5) is 0. The van der Waals surface area contributed by atoms with E-state index in [2.05, 4.69) is 43.1 Å². The summed E-state index contributed by atoms with van der Waals surface area (Å²) in [6.07, 6.45) is 2.87. The molecule has 1 nitrogen and oxygen atoms in total. The first kappa shape index (κ1) is 11.4. The van der Waals surface area contributed by atoms with Gasteiger partial charge >= 0.3 is 0 Å². The Labute approximate surface area is 98.6 Å². The van der Waals surface area contributed by atoms with Crippen LogP contribution in [0.2, 0.25) is 0 Å². The summed E-state index contributed by atoms with van der Waals surface area (Å²) in [6, 6.07) is 10.4. The molecular weight excluding hydrogens is 194 g/mol. The zero-order valence-electron chi connectivity index (χ0n) is 10.1. The van der Waals surface area contributed by atoms with Gasteiger partial charge in [0.15, 0.2) is 0 Å². The Hall–Kier alpha value is -1.08. The Balaban J connectivity index is 1.71. The molecule has 0 bridgehead atoms. The fraction of sp³-hybridized carbons (Fsp3) is 0.467. The predicted octanol–water partition coefficient (Wildman–Crippen LogP) is 3.34. The molecule has 1 heteroatoms. The van der Waals surface area contributed by atoms with E-state index in [1.807, 2.05) is 6.07 Å². The number of benzene rings is 1. The molecular formula is C15H21N. The molecule has 1 aliphatic carbocycles. The molecule has 1 aliphatic rings. The van der Waals surface area contributed by atoms with Gasteiger partial charge in [-0.2, -0.15) is 0 Å². The van der Waals surface area contributed by atoms with E-state index in [0.717, 1.165) is 24.9 Å². The lowest BCUT2D eigenvalue weighted by Gasteiger charge is -2.12. The van der Waals surface area contributed by atoms with E-state index in [9.17, 15) is 0 Å². The van der Waals surface area contributed by atoms with Crippen molar-refractivity contribution in [2.24, 2.45) is 11.8 Å². The number of hydrogen-bond acceptors (Lipinski definition) is 1. The molecule has 1 fully saturated rings. The molecule has 1 N–H and O–H groups in total. The van der Waals surface area contributed by atoms with Crippen LogP contribution in [0.15, 0.2) is 36.9 Å². The van der Waals surface area contributed by atoms with E-state index in [1.165, 1.54) is 24.0 Å². The van der Waals surface area contributed by atoms with Crippen molar-refractivity contribution in [3.05, 3.63) is 42.5 Å². The smallest absolute Gasteiger partial charge is 0.0205 e. The Morgan fingerprint density at radius 3 is 2.69 bits per heavy atom. The summed E-state index contributed by atoms with van der Waals surface area (Å²) in [5.74, 6) is 1.81. The second-order valence-corrected chi connectivity index (χ2v) is 4.92. The molecule has 0 amide bonds. The fourth-order valence-corrected chi connectivity index (χ4v) is 2.06. The van der Waals surface area contributed by atoms with Crippen LogP contribution in [-0.2, 0) is 0 Å². The molecule has 16 heavy (non-hydrogen) atoms. The maximum absolute atomic E-state index is 4.12. The SMILES string of the molecule is C=C(CNCC(C)C1CC1)c1ccccc1. The van der Waals surface area contributed by atoms with Gasteiger partial charge in [0.05, 0.1) is 0 Å². The highest BCUT2D eigenvalue weighted by atomic mass is 14.9. The van der Waals surface area contributed by atoms with Crippen molar-refractivity contribution in [1.82, 2.24) is 5.32 Å². The zero-order chi connectivity index (χ0) is 11.4. The van der Waals surface area contributed by atoms with Gasteiger partial charge in [-0.25, -0.2) is 0 Å². The first-order valence-electron chi connectivity index (χ1n) is 6.21. The Morgan fingerprint density at radius 2 is 2.06 bits per heavy atom. The van der Waals surface area contributed by atoms with Gasteiger partial charge in [-0.1, -0.05) is 43.8 Å². The first-order chi connectivity index (χ1) is 7.77. The minimum absolute atomic E-state index is 0.823. The highest BCUT2D eigenvalue weighted by molar-refractivity contribution is 5.64. The number of rotatable bonds is 6. The molecule has 2 rings (SSSR count). The second kappa shape index (κ2) is 5.31. The van der Waals surface area contributed by atoms with Crippen LogP contribution in [0.1, 0.15) is 25.3 Å². The Morgan fingerprint density at radius 1 is 1.38 bits per heavy atom. The van der Waals surface area contributed by atoms with Gasteiger partial charge in [0.25, 0.3) is 0 Å². The lowest BCUT2D eigenvalue weighted by atomic mass is 10.1. The third-order valence-corrected chi connectivity index (χ3v) is 3.41. The van der Waals surface area contributed by atoms with E-state index in [1.54, 1.807) is 0 Å². The molecule has 1 aromatic carbocycles. The highest BCUT2D eigenvalue weighted by Gasteiger charge is 2.27. The summed E-state index contributed by atoms with van der Waals surface area (Å²) in [6.45, 7) is 8.49. The van der Waals surface area contributed by atoms with E-state index in [4.69, 9.17) is 0 Å². The summed E-state index contributed by atoms with van der Waals surface area (Å²) in [5, 5.41) is 3.51. The molecule has 1 atom stereocenters. The van der Waals surface area contributed by atoms with Crippen molar-refractivity contribution >= 4 is 5.57 Å². The minimum atomic E-state index is 0.823. The average molecular weight is 215 g/mol. The number of hydrogen-bond donors (Lipinski definition) is 1. The normalized spacial score (nSPS) is 17.1.